The van der Waals surface area contributed by atoms with E-state index in [2.05, 4.69) is 5.10 Å². The van der Waals surface area contributed by atoms with Gasteiger partial charge in [0.05, 0.1) is 29.6 Å². The number of aromatic nitrogens is 2. The first-order valence-corrected chi connectivity index (χ1v) is 6.26. The fourth-order valence-electron chi connectivity index (χ4n) is 1.81. The number of halogens is 4. The normalized spacial score (nSPS) is 12.4. The summed E-state index contributed by atoms with van der Waals surface area (Å²) in [5.74, 6) is 0. The second-order valence-electron chi connectivity index (χ2n) is 4.23. The van der Waals surface area contributed by atoms with Gasteiger partial charge >= 0.3 is 6.18 Å². The highest BCUT2D eigenvalue weighted by molar-refractivity contribution is 6.31. The summed E-state index contributed by atoms with van der Waals surface area (Å²) in [5, 5.41) is 13.4. The zero-order valence-electron chi connectivity index (χ0n) is 10.8. The van der Waals surface area contributed by atoms with Crippen LogP contribution in [-0.2, 0) is 20.0 Å². The number of rotatable bonds is 6. The highest BCUT2D eigenvalue weighted by Gasteiger charge is 2.31. The maximum Gasteiger partial charge on any atom is 0.401 e. The third kappa shape index (κ3) is 4.67. The molecule has 1 N–H and O–H groups in total. The van der Waals surface area contributed by atoms with Crippen LogP contribution in [0.1, 0.15) is 18.3 Å². The Bertz CT molecular complexity index is 420. The lowest BCUT2D eigenvalue weighted by Crippen LogP contribution is -2.36. The van der Waals surface area contributed by atoms with Gasteiger partial charge in [-0.1, -0.05) is 18.5 Å². The molecule has 110 valence electrons. The summed E-state index contributed by atoms with van der Waals surface area (Å²) in [7, 11) is 1.64. The maximum absolute atomic E-state index is 12.4. The van der Waals surface area contributed by atoms with Crippen molar-refractivity contribution in [1.82, 2.24) is 14.7 Å². The highest BCUT2D eigenvalue weighted by Crippen LogP contribution is 2.24. The molecule has 0 fully saturated rings. The zero-order chi connectivity index (χ0) is 14.6. The molecule has 0 unspecified atom stereocenters. The van der Waals surface area contributed by atoms with E-state index in [0.717, 1.165) is 4.90 Å². The van der Waals surface area contributed by atoms with Crippen LogP contribution in [0.2, 0.25) is 5.02 Å². The number of alkyl halides is 3. The van der Waals surface area contributed by atoms with Crippen LogP contribution in [0.15, 0.2) is 0 Å². The van der Waals surface area contributed by atoms with Crippen LogP contribution < -0.4 is 0 Å². The first-order chi connectivity index (χ1) is 8.78. The number of hydrogen-bond acceptors (Lipinski definition) is 3. The smallest absolute Gasteiger partial charge is 0.395 e. The molecule has 0 amide bonds. The first-order valence-electron chi connectivity index (χ1n) is 5.88. The van der Waals surface area contributed by atoms with Crippen molar-refractivity contribution >= 4 is 11.6 Å². The molecule has 1 aromatic heterocycles. The van der Waals surface area contributed by atoms with Crippen molar-refractivity contribution < 1.29 is 18.3 Å². The van der Waals surface area contributed by atoms with Gasteiger partial charge in [0.25, 0.3) is 0 Å². The number of hydrogen-bond donors (Lipinski definition) is 1. The third-order valence-electron chi connectivity index (χ3n) is 2.70. The predicted octanol–water partition coefficient (Wildman–Crippen LogP) is 1.99. The SMILES string of the molecule is CCc1nn(C)c(CN(CCO)CC(F)(F)F)c1Cl. The van der Waals surface area contributed by atoms with Crippen molar-refractivity contribution in [2.75, 3.05) is 19.7 Å². The largest absolute Gasteiger partial charge is 0.401 e. The number of aryl methyl sites for hydroxylation is 2. The molecule has 0 saturated heterocycles. The van der Waals surface area contributed by atoms with Crippen molar-refractivity contribution in [3.05, 3.63) is 16.4 Å². The Balaban J connectivity index is 2.87. The minimum Gasteiger partial charge on any atom is -0.395 e. The van der Waals surface area contributed by atoms with E-state index >= 15 is 0 Å². The molecular weight excluding hydrogens is 283 g/mol. The van der Waals surface area contributed by atoms with E-state index in [0.29, 0.717) is 22.8 Å². The fourth-order valence-corrected chi connectivity index (χ4v) is 2.17. The van der Waals surface area contributed by atoms with Gasteiger partial charge in [-0.15, -0.1) is 0 Å². The van der Waals surface area contributed by atoms with E-state index in [1.807, 2.05) is 6.92 Å². The Kier molecular flexibility index (Phi) is 5.64. The Morgan fingerprint density at radius 1 is 1.42 bits per heavy atom. The second-order valence-corrected chi connectivity index (χ2v) is 4.61. The average Bonchev–Trinajstić information content (AvgIpc) is 2.54. The summed E-state index contributed by atoms with van der Waals surface area (Å²) in [5.41, 5.74) is 1.19. The second kappa shape index (κ2) is 6.58. The summed E-state index contributed by atoms with van der Waals surface area (Å²) in [6.45, 7) is 0.382. The van der Waals surface area contributed by atoms with Crippen LogP contribution in [-0.4, -0.2) is 45.7 Å². The molecule has 1 heterocycles. The van der Waals surface area contributed by atoms with E-state index in [1.165, 1.54) is 4.68 Å². The van der Waals surface area contributed by atoms with E-state index < -0.39 is 12.7 Å². The van der Waals surface area contributed by atoms with Crippen LogP contribution in [0, 0.1) is 0 Å². The van der Waals surface area contributed by atoms with Crippen molar-refractivity contribution in [1.29, 1.82) is 0 Å². The van der Waals surface area contributed by atoms with Crippen molar-refractivity contribution in [2.24, 2.45) is 7.05 Å². The molecule has 0 spiro atoms. The molecule has 0 bridgehead atoms. The molecule has 1 rings (SSSR count). The van der Waals surface area contributed by atoms with E-state index in [4.69, 9.17) is 16.7 Å². The van der Waals surface area contributed by atoms with Gasteiger partial charge in [-0.25, -0.2) is 0 Å². The van der Waals surface area contributed by atoms with Crippen molar-refractivity contribution in [2.45, 2.75) is 26.1 Å². The van der Waals surface area contributed by atoms with Crippen LogP contribution in [0.5, 0.6) is 0 Å². The van der Waals surface area contributed by atoms with Crippen molar-refractivity contribution in [3.8, 4) is 0 Å². The van der Waals surface area contributed by atoms with Gasteiger partial charge in [-0.2, -0.15) is 18.3 Å². The molecule has 0 saturated carbocycles. The molecule has 1 aromatic rings. The molecule has 0 aromatic carbocycles. The fraction of sp³-hybridized carbons (Fsp3) is 0.727. The van der Waals surface area contributed by atoms with Crippen molar-refractivity contribution in [3.63, 3.8) is 0 Å². The molecule has 0 atom stereocenters. The number of nitrogens with zero attached hydrogens (tertiary/aromatic N) is 3. The minimum absolute atomic E-state index is 0.00238. The van der Waals surface area contributed by atoms with E-state index in [9.17, 15) is 13.2 Å². The number of aliphatic hydroxyl groups is 1. The molecule has 19 heavy (non-hydrogen) atoms. The van der Waals surface area contributed by atoms with E-state index in [-0.39, 0.29) is 19.7 Å². The van der Waals surface area contributed by atoms with Gasteiger partial charge < -0.3 is 5.11 Å². The topological polar surface area (TPSA) is 41.3 Å². The molecular formula is C11H17ClF3N3O. The molecule has 0 aliphatic rings. The maximum atomic E-state index is 12.4. The standard InChI is InChI=1S/C11H17ClF3N3O/c1-3-8-10(12)9(17(2)16-8)6-18(4-5-19)7-11(13,14)15/h19H,3-7H2,1-2H3. The Morgan fingerprint density at radius 3 is 2.47 bits per heavy atom. The summed E-state index contributed by atoms with van der Waals surface area (Å²) >= 11 is 6.09. The molecule has 0 radical (unpaired) electrons. The molecule has 4 nitrogen and oxygen atoms in total. The quantitative estimate of drug-likeness (QED) is 0.873. The molecule has 0 aliphatic carbocycles. The van der Waals surface area contributed by atoms with Gasteiger partial charge in [-0.3, -0.25) is 9.58 Å². The summed E-state index contributed by atoms with van der Waals surface area (Å²) in [6.07, 6.45) is -3.69. The predicted molar refractivity (Wildman–Crippen MR) is 66.0 cm³/mol. The third-order valence-corrected chi connectivity index (χ3v) is 3.13. The summed E-state index contributed by atoms with van der Waals surface area (Å²) in [4.78, 5) is 1.10. The van der Waals surface area contributed by atoms with Crippen LogP contribution >= 0.6 is 11.6 Å². The first kappa shape index (κ1) is 16.3. The van der Waals surface area contributed by atoms with Crippen LogP contribution in [0.4, 0.5) is 13.2 Å². The lowest BCUT2D eigenvalue weighted by Gasteiger charge is -2.22. The molecule has 0 aliphatic heterocycles. The summed E-state index contributed by atoms with van der Waals surface area (Å²) in [6, 6.07) is 0. The van der Waals surface area contributed by atoms with Gasteiger partial charge in [-0.05, 0) is 6.42 Å². The Morgan fingerprint density at radius 2 is 2.05 bits per heavy atom. The zero-order valence-corrected chi connectivity index (χ0v) is 11.6. The monoisotopic (exact) mass is 299 g/mol. The lowest BCUT2D eigenvalue weighted by molar-refractivity contribution is -0.148. The van der Waals surface area contributed by atoms with E-state index in [1.54, 1.807) is 7.05 Å². The Labute approximate surface area is 114 Å². The lowest BCUT2D eigenvalue weighted by atomic mass is 10.3. The van der Waals surface area contributed by atoms with Crippen LogP contribution in [0.25, 0.3) is 0 Å². The summed E-state index contributed by atoms with van der Waals surface area (Å²) < 4.78 is 38.8. The van der Waals surface area contributed by atoms with Gasteiger partial charge in [0, 0.05) is 20.1 Å². The number of aliphatic hydroxyl groups excluding tert-OH is 1. The minimum atomic E-state index is -4.31. The van der Waals surface area contributed by atoms with Gasteiger partial charge in [0.1, 0.15) is 0 Å². The van der Waals surface area contributed by atoms with Gasteiger partial charge in [0.2, 0.25) is 0 Å². The van der Waals surface area contributed by atoms with Crippen LogP contribution in [0.3, 0.4) is 0 Å². The average molecular weight is 300 g/mol. The van der Waals surface area contributed by atoms with Gasteiger partial charge in [0.15, 0.2) is 0 Å². The highest BCUT2D eigenvalue weighted by atomic mass is 35.5. The Hall–Kier alpha value is -0.790. The molecule has 8 heteroatoms.